The number of methoxy groups -OCH3 is 3. The Morgan fingerprint density at radius 1 is 0.906 bits per heavy atom. The zero-order valence-electron chi connectivity index (χ0n) is 19.0. The lowest BCUT2D eigenvalue weighted by molar-refractivity contribution is -0.118. The Hall–Kier alpha value is -3.15. The van der Waals surface area contributed by atoms with Gasteiger partial charge in [-0.15, -0.1) is 0 Å². The second-order valence-corrected chi connectivity index (χ2v) is 8.29. The van der Waals surface area contributed by atoms with Crippen molar-refractivity contribution in [3.05, 3.63) is 53.1 Å². The van der Waals surface area contributed by atoms with E-state index >= 15 is 0 Å². The van der Waals surface area contributed by atoms with Crippen LogP contribution in [0.15, 0.2) is 42.0 Å². The number of rotatable bonds is 7. The lowest BCUT2D eigenvalue weighted by atomic mass is 9.87. The highest BCUT2D eigenvalue weighted by Gasteiger charge is 2.27. The molecule has 170 valence electrons. The highest BCUT2D eigenvalue weighted by Crippen LogP contribution is 2.38. The maximum atomic E-state index is 12.7. The molecule has 2 aliphatic rings. The molecule has 4 rings (SSSR count). The van der Waals surface area contributed by atoms with Gasteiger partial charge in [0.25, 0.3) is 0 Å². The van der Waals surface area contributed by atoms with Gasteiger partial charge in [0.2, 0.25) is 5.91 Å². The molecule has 32 heavy (non-hydrogen) atoms. The summed E-state index contributed by atoms with van der Waals surface area (Å²) in [5.41, 5.74) is 2.58. The highest BCUT2D eigenvalue weighted by atomic mass is 16.5. The van der Waals surface area contributed by atoms with E-state index in [1.807, 2.05) is 30.3 Å². The zero-order valence-corrected chi connectivity index (χ0v) is 19.0. The maximum absolute atomic E-state index is 12.7. The van der Waals surface area contributed by atoms with E-state index in [2.05, 4.69) is 17.4 Å². The number of amides is 1. The topological polar surface area (TPSA) is 66.0 Å². The van der Waals surface area contributed by atoms with Gasteiger partial charge in [-0.2, -0.15) is 0 Å². The van der Waals surface area contributed by atoms with Crippen LogP contribution in [0.25, 0.3) is 6.08 Å². The summed E-state index contributed by atoms with van der Waals surface area (Å²) in [4.78, 5) is 12.7. The fraction of sp³-hybridized carbons (Fsp3) is 0.423. The van der Waals surface area contributed by atoms with Crippen molar-refractivity contribution in [2.75, 3.05) is 27.9 Å². The van der Waals surface area contributed by atoms with Crippen LogP contribution in [-0.4, -0.2) is 39.9 Å². The average molecular weight is 438 g/mol. The molecule has 6 nitrogen and oxygen atoms in total. The standard InChI is InChI=1S/C26H31NO5/c1-29-22-9-6-10-23(30-2)21(22)14-18-13-19(16-27-26(18)28)17-11-12-24(31-3)25(15-17)32-20-7-4-5-8-20/h6,9-12,14-15,19-20H,4-5,7-8,13,16H2,1-3H3,(H,27,28). The molecule has 0 radical (unpaired) electrons. The highest BCUT2D eigenvalue weighted by molar-refractivity contribution is 5.99. The van der Waals surface area contributed by atoms with E-state index < -0.39 is 0 Å². The van der Waals surface area contributed by atoms with Gasteiger partial charge in [-0.25, -0.2) is 0 Å². The van der Waals surface area contributed by atoms with Crippen molar-refractivity contribution in [3.8, 4) is 23.0 Å². The summed E-state index contributed by atoms with van der Waals surface area (Å²) in [5, 5.41) is 3.04. The van der Waals surface area contributed by atoms with E-state index in [9.17, 15) is 4.79 Å². The largest absolute Gasteiger partial charge is 0.496 e. The van der Waals surface area contributed by atoms with E-state index in [0.717, 1.165) is 35.5 Å². The van der Waals surface area contributed by atoms with Gasteiger partial charge in [0.05, 0.1) is 33.0 Å². The first-order chi connectivity index (χ1) is 15.6. The number of carbonyl (C=O) groups is 1. The number of piperidine rings is 1. The second-order valence-electron chi connectivity index (χ2n) is 8.29. The van der Waals surface area contributed by atoms with E-state index in [-0.39, 0.29) is 17.9 Å². The van der Waals surface area contributed by atoms with Crippen LogP contribution < -0.4 is 24.3 Å². The fourth-order valence-electron chi connectivity index (χ4n) is 4.54. The van der Waals surface area contributed by atoms with Crippen LogP contribution in [0.1, 0.15) is 49.1 Å². The zero-order chi connectivity index (χ0) is 22.5. The number of hydrogen-bond donors (Lipinski definition) is 1. The van der Waals surface area contributed by atoms with Crippen molar-refractivity contribution in [2.24, 2.45) is 0 Å². The summed E-state index contributed by atoms with van der Waals surface area (Å²) in [7, 11) is 4.90. The smallest absolute Gasteiger partial charge is 0.247 e. The minimum Gasteiger partial charge on any atom is -0.496 e. The van der Waals surface area contributed by atoms with Crippen molar-refractivity contribution in [1.29, 1.82) is 0 Å². The quantitative estimate of drug-likeness (QED) is 0.635. The molecule has 2 aromatic carbocycles. The molecule has 0 aromatic heterocycles. The monoisotopic (exact) mass is 437 g/mol. The fourth-order valence-corrected chi connectivity index (χ4v) is 4.54. The molecule has 6 heteroatoms. The minimum atomic E-state index is -0.0647. The molecule has 2 aromatic rings. The van der Waals surface area contributed by atoms with Gasteiger partial charge in [0, 0.05) is 18.0 Å². The minimum absolute atomic E-state index is 0.0647. The van der Waals surface area contributed by atoms with Crippen molar-refractivity contribution < 1.29 is 23.7 Å². The number of carbonyl (C=O) groups excluding carboxylic acids is 1. The summed E-state index contributed by atoms with van der Waals surface area (Å²) in [6, 6.07) is 11.7. The van der Waals surface area contributed by atoms with Gasteiger partial charge >= 0.3 is 0 Å². The molecule has 1 heterocycles. The average Bonchev–Trinajstić information content (AvgIpc) is 3.33. The van der Waals surface area contributed by atoms with Gasteiger partial charge in [0.15, 0.2) is 11.5 Å². The third-order valence-corrected chi connectivity index (χ3v) is 6.31. The Bertz CT molecular complexity index is 971. The molecule has 1 amide bonds. The van der Waals surface area contributed by atoms with Crippen LogP contribution in [0.4, 0.5) is 0 Å². The molecule has 1 aliphatic heterocycles. The first-order valence-electron chi connectivity index (χ1n) is 11.2. The van der Waals surface area contributed by atoms with Gasteiger partial charge in [-0.05, 0) is 68.0 Å². The molecule has 1 saturated carbocycles. The summed E-state index contributed by atoms with van der Waals surface area (Å²) in [6.07, 6.45) is 7.32. The summed E-state index contributed by atoms with van der Waals surface area (Å²) in [5.74, 6) is 2.94. The van der Waals surface area contributed by atoms with Crippen molar-refractivity contribution in [1.82, 2.24) is 5.32 Å². The molecule has 1 unspecified atom stereocenters. The Morgan fingerprint density at radius 2 is 1.59 bits per heavy atom. The molecular weight excluding hydrogens is 406 g/mol. The van der Waals surface area contributed by atoms with Crippen molar-refractivity contribution >= 4 is 12.0 Å². The van der Waals surface area contributed by atoms with E-state index in [0.29, 0.717) is 30.0 Å². The molecule has 1 aliphatic carbocycles. The third kappa shape index (κ3) is 4.69. The number of nitrogens with one attached hydrogen (secondary N) is 1. The van der Waals surface area contributed by atoms with Crippen LogP contribution in [0.2, 0.25) is 0 Å². The SMILES string of the molecule is COc1ccc(C2CNC(=O)C(=Cc3c(OC)cccc3OC)C2)cc1OC1CCCC1. The van der Waals surface area contributed by atoms with Gasteiger partial charge in [0.1, 0.15) is 11.5 Å². The molecule has 0 spiro atoms. The molecular formula is C26H31NO5. The Labute approximate surface area is 189 Å². The molecule has 1 saturated heterocycles. The third-order valence-electron chi connectivity index (χ3n) is 6.31. The van der Waals surface area contributed by atoms with Crippen LogP contribution >= 0.6 is 0 Å². The van der Waals surface area contributed by atoms with Crippen LogP contribution in [0, 0.1) is 0 Å². The van der Waals surface area contributed by atoms with Gasteiger partial charge in [-0.1, -0.05) is 12.1 Å². The predicted octanol–water partition coefficient (Wildman–Crippen LogP) is 4.72. The first kappa shape index (κ1) is 22.1. The van der Waals surface area contributed by atoms with Crippen LogP contribution in [-0.2, 0) is 4.79 Å². The lowest BCUT2D eigenvalue weighted by Crippen LogP contribution is -2.35. The predicted molar refractivity (Wildman–Crippen MR) is 124 cm³/mol. The van der Waals surface area contributed by atoms with Crippen LogP contribution in [0.3, 0.4) is 0 Å². The first-order valence-corrected chi connectivity index (χ1v) is 11.2. The number of ether oxygens (including phenoxy) is 4. The van der Waals surface area contributed by atoms with Gasteiger partial charge < -0.3 is 24.3 Å². The second kappa shape index (κ2) is 9.98. The number of benzene rings is 2. The normalized spacial score (nSPS) is 20.2. The van der Waals surface area contributed by atoms with Crippen molar-refractivity contribution in [3.63, 3.8) is 0 Å². The van der Waals surface area contributed by atoms with Crippen molar-refractivity contribution in [2.45, 2.75) is 44.1 Å². The Kier molecular flexibility index (Phi) is 6.88. The van der Waals surface area contributed by atoms with E-state index in [4.69, 9.17) is 18.9 Å². The van der Waals surface area contributed by atoms with E-state index in [1.54, 1.807) is 21.3 Å². The summed E-state index contributed by atoms with van der Waals surface area (Å²) in [6.45, 7) is 0.578. The molecule has 2 fully saturated rings. The van der Waals surface area contributed by atoms with E-state index in [1.165, 1.54) is 12.8 Å². The Morgan fingerprint density at radius 3 is 2.25 bits per heavy atom. The molecule has 1 N–H and O–H groups in total. The number of hydrogen-bond acceptors (Lipinski definition) is 5. The summed E-state index contributed by atoms with van der Waals surface area (Å²) < 4.78 is 22.8. The Balaban J connectivity index is 1.61. The lowest BCUT2D eigenvalue weighted by Gasteiger charge is -2.26. The summed E-state index contributed by atoms with van der Waals surface area (Å²) >= 11 is 0. The maximum Gasteiger partial charge on any atom is 0.247 e. The van der Waals surface area contributed by atoms with Crippen LogP contribution in [0.5, 0.6) is 23.0 Å². The van der Waals surface area contributed by atoms with Gasteiger partial charge in [-0.3, -0.25) is 4.79 Å². The molecule has 0 bridgehead atoms. The molecule has 1 atom stereocenters.